The number of benzene rings is 1. The summed E-state index contributed by atoms with van der Waals surface area (Å²) in [5.41, 5.74) is 1.22. The first-order valence-electron chi connectivity index (χ1n) is 8.28. The quantitative estimate of drug-likeness (QED) is 0.867. The van der Waals surface area contributed by atoms with Crippen LogP contribution in [0, 0.1) is 6.92 Å². The molecule has 1 atom stereocenters. The van der Waals surface area contributed by atoms with E-state index in [4.69, 9.17) is 0 Å². The Hall–Kier alpha value is -1.40. The van der Waals surface area contributed by atoms with E-state index in [1.165, 1.54) is 10.4 Å². The van der Waals surface area contributed by atoms with Gasteiger partial charge in [0.15, 0.2) is 0 Å². The molecule has 6 heteroatoms. The number of rotatable bonds is 6. The van der Waals surface area contributed by atoms with Crippen LogP contribution in [0.4, 0.5) is 0 Å². The second-order valence-electron chi connectivity index (χ2n) is 6.25. The first kappa shape index (κ1) is 17.9. The van der Waals surface area contributed by atoms with Gasteiger partial charge >= 0.3 is 0 Å². The Labute approximate surface area is 139 Å². The maximum Gasteiger partial charge on any atom is 0.251 e. The summed E-state index contributed by atoms with van der Waals surface area (Å²) in [4.78, 5) is 12.6. The first-order valence-corrected chi connectivity index (χ1v) is 9.72. The standard InChI is InChI=1S/C17H26N2O3S/c1-4-7-14(3)18-17(20)16-12-15(9-8-13(16)2)23(21,22)19-10-5-6-11-19/h8-9,12,14H,4-7,10-11H2,1-3H3,(H,18,20). The van der Waals surface area contributed by atoms with Crippen LogP contribution < -0.4 is 5.32 Å². The number of amides is 1. The van der Waals surface area contributed by atoms with Gasteiger partial charge in [-0.25, -0.2) is 8.42 Å². The van der Waals surface area contributed by atoms with Crippen molar-refractivity contribution in [2.45, 2.75) is 57.4 Å². The Morgan fingerprint density at radius 2 is 1.96 bits per heavy atom. The third-order valence-corrected chi connectivity index (χ3v) is 6.15. The summed E-state index contributed by atoms with van der Waals surface area (Å²) in [6.07, 6.45) is 3.68. The molecule has 0 aliphatic carbocycles. The molecule has 128 valence electrons. The SMILES string of the molecule is CCCC(C)NC(=O)c1cc(S(=O)(=O)N2CCCC2)ccc1C. The largest absolute Gasteiger partial charge is 0.350 e. The number of carbonyl (C=O) groups excluding carboxylic acids is 1. The molecule has 5 nitrogen and oxygen atoms in total. The van der Waals surface area contributed by atoms with Crippen molar-refractivity contribution in [2.24, 2.45) is 0 Å². The van der Waals surface area contributed by atoms with Crippen LogP contribution in [-0.4, -0.2) is 37.8 Å². The van der Waals surface area contributed by atoms with Gasteiger partial charge in [-0.3, -0.25) is 4.79 Å². The number of nitrogens with one attached hydrogen (secondary N) is 1. The molecular formula is C17H26N2O3S. The van der Waals surface area contributed by atoms with Crippen LogP contribution in [0.15, 0.2) is 23.1 Å². The number of sulfonamides is 1. The molecule has 1 aliphatic rings. The zero-order valence-corrected chi connectivity index (χ0v) is 14.9. The highest BCUT2D eigenvalue weighted by atomic mass is 32.2. The Morgan fingerprint density at radius 3 is 2.57 bits per heavy atom. The summed E-state index contributed by atoms with van der Waals surface area (Å²) in [5, 5.41) is 2.94. The molecule has 0 bridgehead atoms. The molecule has 1 amide bonds. The molecule has 0 spiro atoms. The van der Waals surface area contributed by atoms with Crippen molar-refractivity contribution in [1.29, 1.82) is 0 Å². The van der Waals surface area contributed by atoms with Crippen molar-refractivity contribution in [3.8, 4) is 0 Å². The zero-order chi connectivity index (χ0) is 17.0. The number of hydrogen-bond acceptors (Lipinski definition) is 3. The van der Waals surface area contributed by atoms with Crippen LogP contribution in [0.2, 0.25) is 0 Å². The van der Waals surface area contributed by atoms with Gasteiger partial charge in [0.05, 0.1) is 4.90 Å². The summed E-state index contributed by atoms with van der Waals surface area (Å²) >= 11 is 0. The predicted octanol–water partition coefficient (Wildman–Crippen LogP) is 2.70. The molecule has 1 fully saturated rings. The van der Waals surface area contributed by atoms with Crippen molar-refractivity contribution in [2.75, 3.05) is 13.1 Å². The molecule has 0 radical (unpaired) electrons. The number of nitrogens with zero attached hydrogens (tertiary/aromatic N) is 1. The zero-order valence-electron chi connectivity index (χ0n) is 14.1. The average Bonchev–Trinajstić information content (AvgIpc) is 3.02. The average molecular weight is 338 g/mol. The number of hydrogen-bond donors (Lipinski definition) is 1. The molecule has 1 unspecified atom stereocenters. The fourth-order valence-corrected chi connectivity index (χ4v) is 4.43. The number of carbonyl (C=O) groups is 1. The van der Waals surface area contributed by atoms with E-state index in [1.807, 2.05) is 13.8 Å². The van der Waals surface area contributed by atoms with Crippen LogP contribution in [0.1, 0.15) is 55.5 Å². The lowest BCUT2D eigenvalue weighted by Crippen LogP contribution is -2.33. The molecule has 1 aromatic carbocycles. The van der Waals surface area contributed by atoms with E-state index >= 15 is 0 Å². The van der Waals surface area contributed by atoms with Gasteiger partial charge in [0.2, 0.25) is 10.0 Å². The van der Waals surface area contributed by atoms with Gasteiger partial charge in [-0.05, 0) is 50.8 Å². The highest BCUT2D eigenvalue weighted by molar-refractivity contribution is 7.89. The fraction of sp³-hybridized carbons (Fsp3) is 0.588. The fourth-order valence-electron chi connectivity index (χ4n) is 2.89. The lowest BCUT2D eigenvalue weighted by atomic mass is 10.1. The summed E-state index contributed by atoms with van der Waals surface area (Å²) in [6, 6.07) is 4.89. The molecule has 1 N–H and O–H groups in total. The highest BCUT2D eigenvalue weighted by Gasteiger charge is 2.28. The maximum atomic E-state index is 12.6. The topological polar surface area (TPSA) is 66.5 Å². The van der Waals surface area contributed by atoms with Gasteiger partial charge in [-0.1, -0.05) is 19.4 Å². The monoisotopic (exact) mass is 338 g/mol. The van der Waals surface area contributed by atoms with E-state index in [9.17, 15) is 13.2 Å². The van der Waals surface area contributed by atoms with Crippen molar-refractivity contribution < 1.29 is 13.2 Å². The Kier molecular flexibility index (Phi) is 5.81. The number of aryl methyl sites for hydroxylation is 1. The lowest BCUT2D eigenvalue weighted by molar-refractivity contribution is 0.0937. The molecule has 1 heterocycles. The van der Waals surface area contributed by atoms with Gasteiger partial charge < -0.3 is 5.32 Å². The normalized spacial score (nSPS) is 17.2. The van der Waals surface area contributed by atoms with Crippen LogP contribution >= 0.6 is 0 Å². The minimum absolute atomic E-state index is 0.0748. The van der Waals surface area contributed by atoms with Crippen LogP contribution in [0.3, 0.4) is 0 Å². The minimum atomic E-state index is -3.50. The highest BCUT2D eigenvalue weighted by Crippen LogP contribution is 2.23. The van der Waals surface area contributed by atoms with Crippen molar-refractivity contribution in [3.63, 3.8) is 0 Å². The van der Waals surface area contributed by atoms with Gasteiger partial charge in [-0.15, -0.1) is 0 Å². The summed E-state index contributed by atoms with van der Waals surface area (Å²) in [6.45, 7) is 6.97. The molecule has 1 aromatic rings. The first-order chi connectivity index (χ1) is 10.9. The van der Waals surface area contributed by atoms with Crippen molar-refractivity contribution >= 4 is 15.9 Å². The summed E-state index contributed by atoms with van der Waals surface area (Å²) < 4.78 is 26.8. The maximum absolute atomic E-state index is 12.6. The van der Waals surface area contributed by atoms with E-state index in [2.05, 4.69) is 12.2 Å². The van der Waals surface area contributed by atoms with Gasteiger partial charge in [0, 0.05) is 24.7 Å². The molecule has 2 rings (SSSR count). The summed E-state index contributed by atoms with van der Waals surface area (Å²) in [7, 11) is -3.50. The van der Waals surface area contributed by atoms with Crippen LogP contribution in [-0.2, 0) is 10.0 Å². The molecule has 1 aliphatic heterocycles. The van der Waals surface area contributed by atoms with Crippen LogP contribution in [0.5, 0.6) is 0 Å². The Bertz CT molecular complexity index is 664. The molecular weight excluding hydrogens is 312 g/mol. The second kappa shape index (κ2) is 7.45. The van der Waals surface area contributed by atoms with Gasteiger partial charge in [-0.2, -0.15) is 4.31 Å². The smallest absolute Gasteiger partial charge is 0.251 e. The predicted molar refractivity (Wildman–Crippen MR) is 91.0 cm³/mol. The van der Waals surface area contributed by atoms with Crippen molar-refractivity contribution in [1.82, 2.24) is 9.62 Å². The third-order valence-electron chi connectivity index (χ3n) is 4.26. The van der Waals surface area contributed by atoms with E-state index in [-0.39, 0.29) is 16.8 Å². The summed E-state index contributed by atoms with van der Waals surface area (Å²) in [5.74, 6) is -0.207. The van der Waals surface area contributed by atoms with E-state index in [1.54, 1.807) is 12.1 Å². The van der Waals surface area contributed by atoms with Crippen LogP contribution in [0.25, 0.3) is 0 Å². The third kappa shape index (κ3) is 4.12. The lowest BCUT2D eigenvalue weighted by Gasteiger charge is -2.18. The van der Waals surface area contributed by atoms with E-state index in [0.717, 1.165) is 31.2 Å². The Morgan fingerprint density at radius 1 is 1.30 bits per heavy atom. The second-order valence-corrected chi connectivity index (χ2v) is 8.19. The van der Waals surface area contributed by atoms with Gasteiger partial charge in [0.25, 0.3) is 5.91 Å². The van der Waals surface area contributed by atoms with E-state index < -0.39 is 10.0 Å². The minimum Gasteiger partial charge on any atom is -0.350 e. The molecule has 0 aromatic heterocycles. The molecule has 23 heavy (non-hydrogen) atoms. The van der Waals surface area contributed by atoms with Gasteiger partial charge in [0.1, 0.15) is 0 Å². The Balaban J connectivity index is 2.26. The molecule has 1 saturated heterocycles. The molecule has 0 saturated carbocycles. The van der Waals surface area contributed by atoms with Crippen molar-refractivity contribution in [3.05, 3.63) is 29.3 Å². The van der Waals surface area contributed by atoms with E-state index in [0.29, 0.717) is 18.7 Å².